The minimum absolute atomic E-state index is 0.390. The molecular formula is C18H22F3N3. The molecule has 0 unspecified atom stereocenters. The van der Waals surface area contributed by atoms with Crippen molar-refractivity contribution in [2.75, 3.05) is 13.1 Å². The van der Waals surface area contributed by atoms with Crippen LogP contribution in [0.3, 0.4) is 0 Å². The van der Waals surface area contributed by atoms with E-state index in [0.717, 1.165) is 31.5 Å². The molecule has 0 saturated carbocycles. The summed E-state index contributed by atoms with van der Waals surface area (Å²) in [5.41, 5.74) is 0.144. The first kappa shape index (κ1) is 17.0. The van der Waals surface area contributed by atoms with Gasteiger partial charge in [-0.2, -0.15) is 13.2 Å². The van der Waals surface area contributed by atoms with Gasteiger partial charge in [0.05, 0.1) is 5.56 Å². The van der Waals surface area contributed by atoms with Crippen LogP contribution in [0.15, 0.2) is 36.7 Å². The Hall–Kier alpha value is -1.82. The molecule has 3 rings (SSSR count). The summed E-state index contributed by atoms with van der Waals surface area (Å²) >= 11 is 0. The molecule has 24 heavy (non-hydrogen) atoms. The number of aromatic nitrogens is 2. The molecular weight excluding hydrogens is 315 g/mol. The van der Waals surface area contributed by atoms with Crippen LogP contribution in [-0.4, -0.2) is 27.5 Å². The van der Waals surface area contributed by atoms with Gasteiger partial charge in [-0.15, -0.1) is 0 Å². The van der Waals surface area contributed by atoms with Gasteiger partial charge in [-0.05, 0) is 11.6 Å². The Morgan fingerprint density at radius 3 is 2.67 bits per heavy atom. The van der Waals surface area contributed by atoms with E-state index < -0.39 is 11.7 Å². The molecule has 0 N–H and O–H groups in total. The maximum Gasteiger partial charge on any atom is 0.416 e. The second-order valence-electron chi connectivity index (χ2n) is 6.85. The normalized spacial score (nSPS) is 16.6. The minimum atomic E-state index is -4.28. The lowest BCUT2D eigenvalue weighted by Crippen LogP contribution is -2.47. The molecule has 3 nitrogen and oxygen atoms in total. The number of alkyl halides is 3. The van der Waals surface area contributed by atoms with Gasteiger partial charge in [-0.3, -0.25) is 4.90 Å². The van der Waals surface area contributed by atoms with Gasteiger partial charge in [0.25, 0.3) is 0 Å². The number of hydrogen-bond acceptors (Lipinski definition) is 2. The fourth-order valence-electron chi connectivity index (χ4n) is 3.28. The quantitative estimate of drug-likeness (QED) is 0.817. The topological polar surface area (TPSA) is 21.1 Å². The van der Waals surface area contributed by atoms with Gasteiger partial charge in [0.2, 0.25) is 0 Å². The number of hydrogen-bond donors (Lipinski definition) is 0. The van der Waals surface area contributed by atoms with Crippen molar-refractivity contribution in [3.8, 4) is 0 Å². The van der Waals surface area contributed by atoms with E-state index in [1.807, 2.05) is 12.4 Å². The molecule has 0 bridgehead atoms. The molecule has 1 aliphatic heterocycles. The van der Waals surface area contributed by atoms with E-state index in [4.69, 9.17) is 0 Å². The van der Waals surface area contributed by atoms with Gasteiger partial charge < -0.3 is 4.57 Å². The van der Waals surface area contributed by atoms with Crippen molar-refractivity contribution in [3.05, 3.63) is 53.6 Å². The van der Waals surface area contributed by atoms with Gasteiger partial charge in [-0.25, -0.2) is 4.98 Å². The molecule has 1 saturated heterocycles. The summed E-state index contributed by atoms with van der Waals surface area (Å²) < 4.78 is 40.5. The Morgan fingerprint density at radius 2 is 2.00 bits per heavy atom. The zero-order chi connectivity index (χ0) is 17.3. The zero-order valence-electron chi connectivity index (χ0n) is 13.9. The predicted octanol–water partition coefficient (Wildman–Crippen LogP) is 4.16. The van der Waals surface area contributed by atoms with Crippen LogP contribution in [0, 0.1) is 5.92 Å². The third-order valence-corrected chi connectivity index (χ3v) is 4.41. The maximum atomic E-state index is 12.8. The molecule has 1 aliphatic rings. The summed E-state index contributed by atoms with van der Waals surface area (Å²) in [6.07, 6.45) is -0.443. The Morgan fingerprint density at radius 1 is 1.25 bits per heavy atom. The fourth-order valence-corrected chi connectivity index (χ4v) is 3.28. The van der Waals surface area contributed by atoms with Crippen LogP contribution >= 0.6 is 0 Å². The number of rotatable bonds is 5. The highest BCUT2D eigenvalue weighted by Crippen LogP contribution is 2.30. The molecule has 2 heterocycles. The maximum absolute atomic E-state index is 12.8. The third-order valence-electron chi connectivity index (χ3n) is 4.41. The molecule has 0 amide bonds. The van der Waals surface area contributed by atoms with Crippen LogP contribution in [0.1, 0.15) is 36.7 Å². The third kappa shape index (κ3) is 3.80. The van der Waals surface area contributed by atoms with Gasteiger partial charge in [0.15, 0.2) is 0 Å². The Labute approximate surface area is 140 Å². The summed E-state index contributed by atoms with van der Waals surface area (Å²) in [4.78, 5) is 6.58. The van der Waals surface area contributed by atoms with Crippen molar-refractivity contribution in [3.63, 3.8) is 0 Å². The highest BCUT2D eigenvalue weighted by molar-refractivity contribution is 5.25. The van der Waals surface area contributed by atoms with E-state index in [-0.39, 0.29) is 0 Å². The second-order valence-corrected chi connectivity index (χ2v) is 6.85. The number of likely N-dealkylation sites (tertiary alicyclic amines) is 1. The molecule has 6 heteroatoms. The van der Waals surface area contributed by atoms with E-state index in [1.54, 1.807) is 6.07 Å². The molecule has 1 aromatic heterocycles. The predicted molar refractivity (Wildman–Crippen MR) is 86.5 cm³/mol. The number of nitrogens with zero attached hydrogens (tertiary/aromatic N) is 3. The summed E-state index contributed by atoms with van der Waals surface area (Å²) in [5.74, 6) is 2.01. The summed E-state index contributed by atoms with van der Waals surface area (Å²) in [7, 11) is 0. The van der Waals surface area contributed by atoms with Crippen molar-refractivity contribution in [2.24, 2.45) is 5.92 Å². The average Bonchev–Trinajstić information content (AvgIpc) is 2.93. The highest BCUT2D eigenvalue weighted by atomic mass is 19.4. The first-order valence-electron chi connectivity index (χ1n) is 8.22. The number of halogens is 3. The monoisotopic (exact) mass is 337 g/mol. The first-order valence-corrected chi connectivity index (χ1v) is 8.22. The molecule has 0 spiro atoms. The molecule has 2 aromatic rings. The summed E-state index contributed by atoms with van der Waals surface area (Å²) in [5, 5.41) is 0. The molecule has 1 aromatic carbocycles. The zero-order valence-corrected chi connectivity index (χ0v) is 13.9. The van der Waals surface area contributed by atoms with Crippen molar-refractivity contribution < 1.29 is 13.2 Å². The SMILES string of the molecule is CC(C)c1nccn1CC1CN(Cc2cccc(C(F)(F)F)c2)C1. The lowest BCUT2D eigenvalue weighted by Gasteiger charge is -2.39. The van der Waals surface area contributed by atoms with E-state index >= 15 is 0 Å². The van der Waals surface area contributed by atoms with Crippen LogP contribution in [-0.2, 0) is 19.3 Å². The molecule has 0 atom stereocenters. The lowest BCUT2D eigenvalue weighted by molar-refractivity contribution is -0.137. The fraction of sp³-hybridized carbons (Fsp3) is 0.500. The van der Waals surface area contributed by atoms with Crippen molar-refractivity contribution in [1.29, 1.82) is 0 Å². The van der Waals surface area contributed by atoms with Crippen LogP contribution < -0.4 is 0 Å². The largest absolute Gasteiger partial charge is 0.416 e. The van der Waals surface area contributed by atoms with E-state index in [1.165, 1.54) is 12.1 Å². The standard InChI is InChI=1S/C18H22F3N3/c1-13(2)17-22-6-7-24(17)12-15-10-23(11-15)9-14-4-3-5-16(8-14)18(19,20)21/h3-8,13,15H,9-12H2,1-2H3. The van der Waals surface area contributed by atoms with Crippen LogP contribution in [0.25, 0.3) is 0 Å². The number of benzene rings is 1. The molecule has 0 aliphatic carbocycles. The Bertz CT molecular complexity index is 685. The van der Waals surface area contributed by atoms with Crippen LogP contribution in [0.4, 0.5) is 13.2 Å². The lowest BCUT2D eigenvalue weighted by atomic mass is 9.98. The number of imidazole rings is 1. The van der Waals surface area contributed by atoms with Gasteiger partial charge in [-0.1, -0.05) is 32.0 Å². The van der Waals surface area contributed by atoms with E-state index in [2.05, 4.69) is 28.3 Å². The minimum Gasteiger partial charge on any atom is -0.334 e. The van der Waals surface area contributed by atoms with Crippen molar-refractivity contribution >= 4 is 0 Å². The van der Waals surface area contributed by atoms with Crippen LogP contribution in [0.2, 0.25) is 0 Å². The smallest absolute Gasteiger partial charge is 0.334 e. The highest BCUT2D eigenvalue weighted by Gasteiger charge is 2.31. The first-order chi connectivity index (χ1) is 11.3. The molecule has 130 valence electrons. The van der Waals surface area contributed by atoms with Gasteiger partial charge >= 0.3 is 6.18 Å². The van der Waals surface area contributed by atoms with Crippen molar-refractivity contribution in [1.82, 2.24) is 14.5 Å². The Balaban J connectivity index is 1.53. The summed E-state index contributed by atoms with van der Waals surface area (Å²) in [6, 6.07) is 5.61. The van der Waals surface area contributed by atoms with Crippen LogP contribution in [0.5, 0.6) is 0 Å². The van der Waals surface area contributed by atoms with E-state index in [9.17, 15) is 13.2 Å². The average molecular weight is 337 g/mol. The molecule has 0 radical (unpaired) electrons. The summed E-state index contributed by atoms with van der Waals surface area (Å²) in [6.45, 7) is 7.56. The van der Waals surface area contributed by atoms with Crippen molar-refractivity contribution in [2.45, 2.75) is 39.0 Å². The van der Waals surface area contributed by atoms with Gasteiger partial charge in [0, 0.05) is 50.4 Å². The second kappa shape index (κ2) is 6.59. The van der Waals surface area contributed by atoms with Gasteiger partial charge in [0.1, 0.15) is 5.82 Å². The van der Waals surface area contributed by atoms with E-state index in [0.29, 0.717) is 23.9 Å². The molecule has 1 fully saturated rings. The Kier molecular flexibility index (Phi) is 4.67.